The molecule has 1 aromatic rings. The van der Waals surface area contributed by atoms with Crippen LogP contribution < -0.4 is 5.73 Å². The second kappa shape index (κ2) is 3.82. The van der Waals surface area contributed by atoms with Gasteiger partial charge in [-0.25, -0.2) is 0 Å². The average Bonchev–Trinajstić information content (AvgIpc) is 2.58. The van der Waals surface area contributed by atoms with Crippen LogP contribution in [0.1, 0.15) is 56.5 Å². The molecule has 2 rings (SSSR count). The first-order valence-corrected chi connectivity index (χ1v) is 5.79. The molecule has 88 valence electrons. The van der Waals surface area contributed by atoms with Crippen LogP contribution in [0.4, 0.5) is 0 Å². The minimum absolute atomic E-state index is 0.0336. The lowest BCUT2D eigenvalue weighted by atomic mass is 9.91. The summed E-state index contributed by atoms with van der Waals surface area (Å²) in [6.45, 7) is 8.91. The van der Waals surface area contributed by atoms with E-state index in [1.54, 1.807) is 0 Å². The first-order valence-electron chi connectivity index (χ1n) is 5.79. The largest absolute Gasteiger partial charge is 0.365 e. The Labute approximate surface area is 97.0 Å². The smallest absolute Gasteiger partial charge is 0.102 e. The molecule has 3 heteroatoms. The van der Waals surface area contributed by atoms with Gasteiger partial charge in [-0.15, -0.1) is 0 Å². The van der Waals surface area contributed by atoms with Gasteiger partial charge in [0, 0.05) is 17.3 Å². The quantitative estimate of drug-likeness (QED) is 0.833. The zero-order chi connectivity index (χ0) is 11.9. The Bertz CT molecular complexity index is 393. The van der Waals surface area contributed by atoms with Crippen LogP contribution in [0.2, 0.25) is 0 Å². The van der Waals surface area contributed by atoms with Crippen molar-refractivity contribution in [3.8, 4) is 0 Å². The Morgan fingerprint density at radius 1 is 1.50 bits per heavy atom. The van der Waals surface area contributed by atoms with E-state index in [-0.39, 0.29) is 11.6 Å². The topological polar surface area (TPSA) is 48.1 Å². The van der Waals surface area contributed by atoms with Gasteiger partial charge in [-0.2, -0.15) is 0 Å². The Hall–Kier alpha value is -0.930. The summed E-state index contributed by atoms with van der Waals surface area (Å²) in [5, 5.41) is 0. The molecule has 3 nitrogen and oxygen atoms in total. The fraction of sp³-hybridized carbons (Fsp3) is 0.615. The van der Waals surface area contributed by atoms with Crippen molar-refractivity contribution in [2.45, 2.75) is 51.9 Å². The minimum Gasteiger partial charge on any atom is -0.365 e. The number of aromatic nitrogens is 1. The van der Waals surface area contributed by atoms with E-state index in [1.807, 2.05) is 20.0 Å². The van der Waals surface area contributed by atoms with Crippen molar-refractivity contribution in [3.05, 3.63) is 29.1 Å². The maximum atomic E-state index is 6.13. The van der Waals surface area contributed by atoms with E-state index in [0.29, 0.717) is 12.5 Å². The van der Waals surface area contributed by atoms with Gasteiger partial charge in [0.15, 0.2) is 0 Å². The van der Waals surface area contributed by atoms with E-state index in [9.17, 15) is 0 Å². The first-order chi connectivity index (χ1) is 7.39. The van der Waals surface area contributed by atoms with Crippen LogP contribution in [0.25, 0.3) is 0 Å². The van der Waals surface area contributed by atoms with Gasteiger partial charge >= 0.3 is 0 Å². The summed E-state index contributed by atoms with van der Waals surface area (Å²) in [5.41, 5.74) is 9.22. The van der Waals surface area contributed by atoms with Gasteiger partial charge < -0.3 is 10.5 Å². The second-order valence-corrected chi connectivity index (χ2v) is 5.47. The molecule has 0 saturated carbocycles. The molecule has 0 aromatic carbocycles. The third-order valence-corrected chi connectivity index (χ3v) is 3.04. The summed E-state index contributed by atoms with van der Waals surface area (Å²) in [6, 6.07) is 2.19. The number of rotatable bonds is 2. The molecule has 0 aliphatic carbocycles. The molecule has 0 bridgehead atoms. The number of hydrogen-bond acceptors (Lipinski definition) is 3. The van der Waals surface area contributed by atoms with Crippen molar-refractivity contribution in [3.63, 3.8) is 0 Å². The van der Waals surface area contributed by atoms with E-state index in [2.05, 4.69) is 24.9 Å². The van der Waals surface area contributed by atoms with E-state index < -0.39 is 0 Å². The predicted molar refractivity (Wildman–Crippen MR) is 64.1 cm³/mol. The molecule has 1 unspecified atom stereocenters. The molecule has 0 radical (unpaired) electrons. The molecule has 1 aromatic heterocycles. The van der Waals surface area contributed by atoms with E-state index >= 15 is 0 Å². The number of hydrogen-bond donors (Lipinski definition) is 1. The SMILES string of the molecule is CC(C)c1cnc2c(c1)C(C(C)(C)N)OC2. The first kappa shape index (κ1) is 11.6. The van der Waals surface area contributed by atoms with Crippen LogP contribution in [0.3, 0.4) is 0 Å². The number of nitrogens with zero attached hydrogens (tertiary/aromatic N) is 1. The van der Waals surface area contributed by atoms with Gasteiger partial charge in [0.05, 0.1) is 12.3 Å². The zero-order valence-electron chi connectivity index (χ0n) is 10.4. The summed E-state index contributed by atoms with van der Waals surface area (Å²) < 4.78 is 5.74. The van der Waals surface area contributed by atoms with Crippen LogP contribution in [-0.4, -0.2) is 10.5 Å². The van der Waals surface area contributed by atoms with Crippen LogP contribution in [-0.2, 0) is 11.3 Å². The molecule has 2 N–H and O–H groups in total. The average molecular weight is 220 g/mol. The number of pyridine rings is 1. The Morgan fingerprint density at radius 3 is 2.75 bits per heavy atom. The second-order valence-electron chi connectivity index (χ2n) is 5.47. The fourth-order valence-corrected chi connectivity index (χ4v) is 2.06. The highest BCUT2D eigenvalue weighted by Gasteiger charge is 2.34. The molecule has 0 fully saturated rings. The highest BCUT2D eigenvalue weighted by Crippen LogP contribution is 2.37. The van der Waals surface area contributed by atoms with Crippen LogP contribution >= 0.6 is 0 Å². The molecule has 2 heterocycles. The molecule has 16 heavy (non-hydrogen) atoms. The maximum Gasteiger partial charge on any atom is 0.102 e. The normalized spacial score (nSPS) is 20.2. The molecular weight excluding hydrogens is 200 g/mol. The molecule has 1 aliphatic heterocycles. The fourth-order valence-electron chi connectivity index (χ4n) is 2.06. The van der Waals surface area contributed by atoms with Crippen molar-refractivity contribution in [2.24, 2.45) is 5.73 Å². The number of ether oxygens (including phenoxy) is 1. The Balaban J connectivity index is 2.41. The van der Waals surface area contributed by atoms with Crippen LogP contribution in [0.15, 0.2) is 12.3 Å². The molecule has 0 saturated heterocycles. The summed E-state index contributed by atoms with van der Waals surface area (Å²) in [7, 11) is 0. The monoisotopic (exact) mass is 220 g/mol. The van der Waals surface area contributed by atoms with Crippen molar-refractivity contribution in [1.29, 1.82) is 0 Å². The van der Waals surface area contributed by atoms with Gasteiger partial charge in [-0.3, -0.25) is 4.98 Å². The van der Waals surface area contributed by atoms with Gasteiger partial charge in [0.1, 0.15) is 6.10 Å². The Morgan fingerprint density at radius 2 is 2.19 bits per heavy atom. The molecule has 0 amide bonds. The van der Waals surface area contributed by atoms with Crippen molar-refractivity contribution < 1.29 is 4.74 Å². The summed E-state index contributed by atoms with van der Waals surface area (Å²) >= 11 is 0. The summed E-state index contributed by atoms with van der Waals surface area (Å²) in [5.74, 6) is 0.486. The lowest BCUT2D eigenvalue weighted by molar-refractivity contribution is 0.0204. The maximum absolute atomic E-state index is 6.13. The van der Waals surface area contributed by atoms with E-state index in [0.717, 1.165) is 5.69 Å². The van der Waals surface area contributed by atoms with E-state index in [1.165, 1.54) is 11.1 Å². The standard InChI is InChI=1S/C13H20N2O/c1-8(2)9-5-10-11(15-6-9)7-16-12(10)13(3,4)14/h5-6,8,12H,7,14H2,1-4H3. The highest BCUT2D eigenvalue weighted by atomic mass is 16.5. The van der Waals surface area contributed by atoms with Crippen LogP contribution in [0.5, 0.6) is 0 Å². The molecular formula is C13H20N2O. The third-order valence-electron chi connectivity index (χ3n) is 3.04. The third kappa shape index (κ3) is 1.97. The lowest BCUT2D eigenvalue weighted by Crippen LogP contribution is -2.39. The Kier molecular flexibility index (Phi) is 2.76. The van der Waals surface area contributed by atoms with Gasteiger partial charge in [0.25, 0.3) is 0 Å². The predicted octanol–water partition coefficient (Wildman–Crippen LogP) is 2.51. The zero-order valence-corrected chi connectivity index (χ0v) is 10.4. The van der Waals surface area contributed by atoms with Gasteiger partial charge in [-0.05, 0) is 31.4 Å². The summed E-state index contributed by atoms with van der Waals surface area (Å²) in [4.78, 5) is 4.46. The number of nitrogens with two attached hydrogens (primary N) is 1. The van der Waals surface area contributed by atoms with Crippen LogP contribution in [0, 0.1) is 0 Å². The lowest BCUT2D eigenvalue weighted by Gasteiger charge is -2.26. The van der Waals surface area contributed by atoms with Crippen molar-refractivity contribution in [1.82, 2.24) is 4.98 Å². The highest BCUT2D eigenvalue weighted by molar-refractivity contribution is 5.33. The van der Waals surface area contributed by atoms with Crippen molar-refractivity contribution >= 4 is 0 Å². The van der Waals surface area contributed by atoms with E-state index in [4.69, 9.17) is 10.5 Å². The number of fused-ring (bicyclic) bond motifs is 1. The minimum atomic E-state index is -0.359. The van der Waals surface area contributed by atoms with Gasteiger partial charge in [-0.1, -0.05) is 13.8 Å². The molecule has 1 atom stereocenters. The van der Waals surface area contributed by atoms with Crippen molar-refractivity contribution in [2.75, 3.05) is 0 Å². The molecule has 0 spiro atoms. The van der Waals surface area contributed by atoms with Gasteiger partial charge in [0.2, 0.25) is 0 Å². The summed E-state index contributed by atoms with van der Waals surface area (Å²) in [6.07, 6.45) is 1.91. The molecule has 1 aliphatic rings.